The van der Waals surface area contributed by atoms with E-state index in [0.717, 1.165) is 30.8 Å². The first-order valence-corrected chi connectivity index (χ1v) is 6.70. The number of aliphatic hydroxyl groups excluding tert-OH is 1. The summed E-state index contributed by atoms with van der Waals surface area (Å²) in [5.74, 6) is 0.892. The summed E-state index contributed by atoms with van der Waals surface area (Å²) in [5.41, 5.74) is 0.905. The highest BCUT2D eigenvalue weighted by Gasteiger charge is 2.20. The van der Waals surface area contributed by atoms with Crippen LogP contribution in [0.3, 0.4) is 0 Å². The number of nitrogens with one attached hydrogen (secondary N) is 1. The van der Waals surface area contributed by atoms with E-state index >= 15 is 0 Å². The SMILES string of the molecule is CNC(C)(CO)CCCN(C)c1ccccc1OC. The summed E-state index contributed by atoms with van der Waals surface area (Å²) in [5, 5.41) is 12.5. The zero-order valence-electron chi connectivity index (χ0n) is 12.4. The van der Waals surface area contributed by atoms with E-state index in [0.29, 0.717) is 0 Å². The number of hydrogen-bond donors (Lipinski definition) is 2. The highest BCUT2D eigenvalue weighted by molar-refractivity contribution is 5.57. The van der Waals surface area contributed by atoms with Crippen LogP contribution in [0.1, 0.15) is 19.8 Å². The molecule has 0 spiro atoms. The highest BCUT2D eigenvalue weighted by Crippen LogP contribution is 2.26. The van der Waals surface area contributed by atoms with Gasteiger partial charge in [0.1, 0.15) is 5.75 Å². The topological polar surface area (TPSA) is 44.7 Å². The number of aliphatic hydroxyl groups is 1. The normalized spacial score (nSPS) is 13.9. The van der Waals surface area contributed by atoms with Crippen molar-refractivity contribution in [1.29, 1.82) is 0 Å². The molecule has 0 amide bonds. The van der Waals surface area contributed by atoms with Gasteiger partial charge in [0, 0.05) is 19.1 Å². The first-order chi connectivity index (χ1) is 9.06. The summed E-state index contributed by atoms with van der Waals surface area (Å²) in [4.78, 5) is 2.19. The maximum absolute atomic E-state index is 9.35. The van der Waals surface area contributed by atoms with Crippen LogP contribution >= 0.6 is 0 Å². The minimum atomic E-state index is -0.193. The molecule has 1 atom stereocenters. The van der Waals surface area contributed by atoms with Gasteiger partial charge in [-0.25, -0.2) is 0 Å². The van der Waals surface area contributed by atoms with Gasteiger partial charge in [-0.15, -0.1) is 0 Å². The van der Waals surface area contributed by atoms with Crippen LogP contribution in [-0.4, -0.2) is 45.0 Å². The molecular weight excluding hydrogens is 240 g/mol. The van der Waals surface area contributed by atoms with Crippen molar-refractivity contribution < 1.29 is 9.84 Å². The molecule has 108 valence electrons. The van der Waals surface area contributed by atoms with Gasteiger partial charge in [0.25, 0.3) is 0 Å². The molecule has 0 aliphatic carbocycles. The van der Waals surface area contributed by atoms with Crippen molar-refractivity contribution in [3.63, 3.8) is 0 Å². The van der Waals surface area contributed by atoms with Gasteiger partial charge in [0.05, 0.1) is 19.4 Å². The third kappa shape index (κ3) is 4.40. The van der Waals surface area contributed by atoms with Crippen molar-refractivity contribution in [3.8, 4) is 5.75 Å². The van der Waals surface area contributed by atoms with Gasteiger partial charge >= 0.3 is 0 Å². The minimum Gasteiger partial charge on any atom is -0.495 e. The van der Waals surface area contributed by atoms with Crippen molar-refractivity contribution >= 4 is 5.69 Å². The van der Waals surface area contributed by atoms with Gasteiger partial charge < -0.3 is 20.1 Å². The smallest absolute Gasteiger partial charge is 0.142 e. The molecule has 1 aromatic carbocycles. The minimum absolute atomic E-state index is 0.155. The molecule has 0 aliphatic heterocycles. The van der Waals surface area contributed by atoms with Crippen LogP contribution in [0.5, 0.6) is 5.75 Å². The average molecular weight is 266 g/mol. The van der Waals surface area contributed by atoms with Gasteiger partial charge in [-0.05, 0) is 38.9 Å². The fourth-order valence-corrected chi connectivity index (χ4v) is 2.06. The van der Waals surface area contributed by atoms with E-state index in [-0.39, 0.29) is 12.1 Å². The number of methoxy groups -OCH3 is 1. The van der Waals surface area contributed by atoms with Gasteiger partial charge in [-0.3, -0.25) is 0 Å². The quantitative estimate of drug-likeness (QED) is 0.754. The van der Waals surface area contributed by atoms with Crippen molar-refractivity contribution in [2.45, 2.75) is 25.3 Å². The van der Waals surface area contributed by atoms with Gasteiger partial charge in [0.15, 0.2) is 0 Å². The molecule has 19 heavy (non-hydrogen) atoms. The number of benzene rings is 1. The van der Waals surface area contributed by atoms with E-state index in [1.165, 1.54) is 0 Å². The molecule has 1 rings (SSSR count). The monoisotopic (exact) mass is 266 g/mol. The first kappa shape index (κ1) is 15.8. The number of rotatable bonds is 8. The van der Waals surface area contributed by atoms with Gasteiger partial charge in [0.2, 0.25) is 0 Å². The zero-order chi connectivity index (χ0) is 14.3. The molecule has 4 heteroatoms. The lowest BCUT2D eigenvalue weighted by Crippen LogP contribution is -2.43. The van der Waals surface area contributed by atoms with Gasteiger partial charge in [-0.1, -0.05) is 12.1 Å². The maximum Gasteiger partial charge on any atom is 0.142 e. The van der Waals surface area contributed by atoms with E-state index in [2.05, 4.69) is 23.3 Å². The predicted octanol–water partition coefficient (Wildman–Crippen LogP) is 1.88. The Kier molecular flexibility index (Phi) is 6.12. The highest BCUT2D eigenvalue weighted by atomic mass is 16.5. The molecule has 1 unspecified atom stereocenters. The second kappa shape index (κ2) is 7.36. The van der Waals surface area contributed by atoms with Gasteiger partial charge in [-0.2, -0.15) is 0 Å². The predicted molar refractivity (Wildman–Crippen MR) is 80.0 cm³/mol. The maximum atomic E-state index is 9.35. The molecule has 0 aromatic heterocycles. The standard InChI is InChI=1S/C15H26N2O2/c1-15(12-18,16-2)10-7-11-17(3)13-8-5-6-9-14(13)19-4/h5-6,8-9,16,18H,7,10-12H2,1-4H3. The molecular formula is C15H26N2O2. The number of para-hydroxylation sites is 2. The third-order valence-electron chi connectivity index (χ3n) is 3.67. The molecule has 0 fully saturated rings. The molecule has 4 nitrogen and oxygen atoms in total. The second-order valence-electron chi connectivity index (χ2n) is 5.17. The van der Waals surface area contributed by atoms with E-state index in [1.54, 1.807) is 7.11 Å². The van der Waals surface area contributed by atoms with Crippen LogP contribution in [-0.2, 0) is 0 Å². The average Bonchev–Trinajstić information content (AvgIpc) is 2.46. The zero-order valence-corrected chi connectivity index (χ0v) is 12.4. The Morgan fingerprint density at radius 3 is 2.63 bits per heavy atom. The molecule has 2 N–H and O–H groups in total. The lowest BCUT2D eigenvalue weighted by atomic mass is 9.97. The lowest BCUT2D eigenvalue weighted by molar-refractivity contribution is 0.172. The lowest BCUT2D eigenvalue weighted by Gasteiger charge is -2.28. The number of hydrogen-bond acceptors (Lipinski definition) is 4. The van der Waals surface area contributed by atoms with Crippen LogP contribution in [0.2, 0.25) is 0 Å². The molecule has 0 aliphatic rings. The number of nitrogens with zero attached hydrogens (tertiary/aromatic N) is 1. The first-order valence-electron chi connectivity index (χ1n) is 6.70. The van der Waals surface area contributed by atoms with E-state index in [9.17, 15) is 5.11 Å². The van der Waals surface area contributed by atoms with Crippen LogP contribution in [0.4, 0.5) is 5.69 Å². The molecule has 0 saturated heterocycles. The Morgan fingerprint density at radius 1 is 1.37 bits per heavy atom. The summed E-state index contributed by atoms with van der Waals surface area (Å²) in [6, 6.07) is 8.01. The Bertz CT molecular complexity index is 378. The summed E-state index contributed by atoms with van der Waals surface area (Å²) >= 11 is 0. The Balaban J connectivity index is 2.54. The Hall–Kier alpha value is -1.26. The largest absolute Gasteiger partial charge is 0.495 e. The molecule has 0 radical (unpaired) electrons. The number of ether oxygens (including phenoxy) is 1. The second-order valence-corrected chi connectivity index (χ2v) is 5.17. The molecule has 0 saturated carbocycles. The number of likely N-dealkylation sites (N-methyl/N-ethyl adjacent to an activating group) is 1. The van der Waals surface area contributed by atoms with Crippen molar-refractivity contribution in [2.24, 2.45) is 0 Å². The third-order valence-corrected chi connectivity index (χ3v) is 3.67. The molecule has 0 bridgehead atoms. The van der Waals surface area contributed by atoms with Crippen LogP contribution in [0.25, 0.3) is 0 Å². The van der Waals surface area contributed by atoms with Crippen LogP contribution in [0.15, 0.2) is 24.3 Å². The van der Waals surface area contributed by atoms with Crippen LogP contribution < -0.4 is 15.0 Å². The van der Waals surface area contributed by atoms with E-state index < -0.39 is 0 Å². The van der Waals surface area contributed by atoms with Crippen LogP contribution in [0, 0.1) is 0 Å². The Labute approximate surface area is 116 Å². The number of anilines is 1. The van der Waals surface area contributed by atoms with E-state index in [4.69, 9.17) is 4.74 Å². The summed E-state index contributed by atoms with van der Waals surface area (Å²) in [6.45, 7) is 3.12. The Morgan fingerprint density at radius 2 is 2.05 bits per heavy atom. The van der Waals surface area contributed by atoms with Crippen molar-refractivity contribution in [3.05, 3.63) is 24.3 Å². The summed E-state index contributed by atoms with van der Waals surface area (Å²) < 4.78 is 5.36. The molecule has 1 aromatic rings. The van der Waals surface area contributed by atoms with E-state index in [1.807, 2.05) is 32.2 Å². The summed E-state index contributed by atoms with van der Waals surface area (Å²) in [6.07, 6.45) is 1.94. The fraction of sp³-hybridized carbons (Fsp3) is 0.600. The van der Waals surface area contributed by atoms with Crippen molar-refractivity contribution in [1.82, 2.24) is 5.32 Å². The van der Waals surface area contributed by atoms with Crippen molar-refractivity contribution in [2.75, 3.05) is 39.3 Å². The fourth-order valence-electron chi connectivity index (χ4n) is 2.06. The summed E-state index contributed by atoms with van der Waals surface area (Å²) in [7, 11) is 5.64. The molecule has 0 heterocycles.